The zero-order valence-corrected chi connectivity index (χ0v) is 14.7. The van der Waals surface area contributed by atoms with Crippen molar-refractivity contribution in [2.45, 2.75) is 78.2 Å². The van der Waals surface area contributed by atoms with E-state index in [1.807, 2.05) is 6.92 Å². The molecule has 0 aromatic rings. The van der Waals surface area contributed by atoms with Crippen LogP contribution in [0.2, 0.25) is 0 Å². The van der Waals surface area contributed by atoms with Gasteiger partial charge in [-0.05, 0) is 70.6 Å². The van der Waals surface area contributed by atoms with Crippen LogP contribution in [-0.4, -0.2) is 36.6 Å². The highest BCUT2D eigenvalue weighted by Gasteiger charge is 2.30. The maximum atomic E-state index is 9.25. The van der Waals surface area contributed by atoms with E-state index in [1.165, 1.54) is 51.7 Å². The molecule has 1 aliphatic rings. The molecular weight excluding hydrogens is 258 g/mol. The molecule has 21 heavy (non-hydrogen) atoms. The average molecular weight is 293 g/mol. The lowest BCUT2D eigenvalue weighted by Crippen LogP contribution is -2.41. The van der Waals surface area contributed by atoms with Crippen molar-refractivity contribution in [1.82, 2.24) is 10.2 Å². The summed E-state index contributed by atoms with van der Waals surface area (Å²) in [4.78, 5) is 2.63. The molecule has 1 unspecified atom stereocenters. The zero-order valence-electron chi connectivity index (χ0n) is 14.7. The Kier molecular flexibility index (Phi) is 7.70. The molecule has 0 bridgehead atoms. The smallest absolute Gasteiger partial charge is 0.103 e. The molecule has 0 spiro atoms. The van der Waals surface area contributed by atoms with Crippen molar-refractivity contribution in [2.75, 3.05) is 26.2 Å². The molecule has 1 saturated heterocycles. The maximum Gasteiger partial charge on any atom is 0.103 e. The van der Waals surface area contributed by atoms with Gasteiger partial charge in [0.05, 0.1) is 6.07 Å². The molecule has 0 aromatic heterocycles. The fraction of sp³-hybridized carbons (Fsp3) is 0.944. The second-order valence-electron chi connectivity index (χ2n) is 6.98. The molecule has 1 aliphatic heterocycles. The number of nitrogens with zero attached hydrogens (tertiary/aromatic N) is 2. The number of likely N-dealkylation sites (tertiary alicyclic amines) is 1. The predicted molar refractivity (Wildman–Crippen MR) is 90.2 cm³/mol. The second-order valence-corrected chi connectivity index (χ2v) is 6.98. The van der Waals surface area contributed by atoms with Crippen molar-refractivity contribution in [1.29, 1.82) is 5.26 Å². The van der Waals surface area contributed by atoms with Crippen LogP contribution in [0, 0.1) is 16.7 Å². The summed E-state index contributed by atoms with van der Waals surface area (Å²) in [6.45, 7) is 13.4. The Hall–Kier alpha value is -0.590. The van der Waals surface area contributed by atoms with Crippen LogP contribution >= 0.6 is 0 Å². The number of nitrogens with one attached hydrogen (secondary N) is 1. The maximum absolute atomic E-state index is 9.25. The zero-order chi connectivity index (χ0) is 15.8. The monoisotopic (exact) mass is 293 g/mol. The van der Waals surface area contributed by atoms with Gasteiger partial charge in [-0.2, -0.15) is 5.26 Å². The van der Waals surface area contributed by atoms with Gasteiger partial charge in [0.2, 0.25) is 0 Å². The Morgan fingerprint density at radius 2 is 1.76 bits per heavy atom. The summed E-state index contributed by atoms with van der Waals surface area (Å²) >= 11 is 0. The summed E-state index contributed by atoms with van der Waals surface area (Å²) in [5.74, 6) is 0. The van der Waals surface area contributed by atoms with Crippen LogP contribution in [0.3, 0.4) is 0 Å². The van der Waals surface area contributed by atoms with Crippen molar-refractivity contribution in [3.05, 3.63) is 0 Å². The molecule has 3 nitrogen and oxygen atoms in total. The number of nitriles is 1. The Labute approximate surface area is 132 Å². The first-order chi connectivity index (χ1) is 10.0. The van der Waals surface area contributed by atoms with Crippen LogP contribution < -0.4 is 5.32 Å². The molecule has 1 fully saturated rings. The number of hydrogen-bond acceptors (Lipinski definition) is 3. The first kappa shape index (κ1) is 18.5. The molecule has 1 atom stereocenters. The Bertz CT molecular complexity index is 320. The highest BCUT2D eigenvalue weighted by molar-refractivity contribution is 5.03. The summed E-state index contributed by atoms with van der Waals surface area (Å²) in [7, 11) is 0. The minimum absolute atomic E-state index is 0.337. The van der Waals surface area contributed by atoms with Gasteiger partial charge in [-0.15, -0.1) is 0 Å². The minimum atomic E-state index is -0.337. The molecule has 0 amide bonds. The molecule has 122 valence electrons. The van der Waals surface area contributed by atoms with Crippen LogP contribution in [0.1, 0.15) is 72.6 Å². The lowest BCUT2D eigenvalue weighted by atomic mass is 9.74. The third-order valence-corrected chi connectivity index (χ3v) is 5.63. The first-order valence-electron chi connectivity index (χ1n) is 8.91. The number of unbranched alkanes of at least 4 members (excludes halogenated alkanes) is 1. The standard InChI is InChI=1S/C18H35N3/c1-5-18(6-2)11-14-21(15-12-18)13-9-8-10-17(4,16-19)20-7-3/h20H,5-15H2,1-4H3. The van der Waals surface area contributed by atoms with Crippen LogP contribution in [0.25, 0.3) is 0 Å². The van der Waals surface area contributed by atoms with Gasteiger partial charge in [0.25, 0.3) is 0 Å². The fourth-order valence-electron chi connectivity index (χ4n) is 3.60. The van der Waals surface area contributed by atoms with Crippen LogP contribution in [-0.2, 0) is 0 Å². The largest absolute Gasteiger partial charge is 0.303 e. The lowest BCUT2D eigenvalue weighted by molar-refractivity contribution is 0.0940. The first-order valence-corrected chi connectivity index (χ1v) is 8.91. The van der Waals surface area contributed by atoms with Gasteiger partial charge < -0.3 is 4.90 Å². The van der Waals surface area contributed by atoms with Crippen molar-refractivity contribution in [3.63, 3.8) is 0 Å². The Morgan fingerprint density at radius 3 is 2.24 bits per heavy atom. The molecular formula is C18H35N3. The van der Waals surface area contributed by atoms with Crippen LogP contribution in [0.15, 0.2) is 0 Å². The van der Waals surface area contributed by atoms with Gasteiger partial charge in [0, 0.05) is 0 Å². The van der Waals surface area contributed by atoms with Crippen molar-refractivity contribution in [2.24, 2.45) is 5.41 Å². The van der Waals surface area contributed by atoms with Gasteiger partial charge >= 0.3 is 0 Å². The van der Waals surface area contributed by atoms with E-state index in [0.717, 1.165) is 19.4 Å². The molecule has 1 heterocycles. The molecule has 0 aromatic carbocycles. The highest BCUT2D eigenvalue weighted by Crippen LogP contribution is 2.37. The predicted octanol–water partition coefficient (Wildman–Crippen LogP) is 3.95. The second kappa shape index (κ2) is 8.76. The van der Waals surface area contributed by atoms with E-state index in [0.29, 0.717) is 5.41 Å². The Morgan fingerprint density at radius 1 is 1.14 bits per heavy atom. The topological polar surface area (TPSA) is 39.1 Å². The SMILES string of the molecule is CCNC(C)(C#N)CCCCN1CCC(CC)(CC)CC1. The van der Waals surface area contributed by atoms with Gasteiger partial charge in [-0.3, -0.25) is 5.32 Å². The number of piperidine rings is 1. The summed E-state index contributed by atoms with van der Waals surface area (Å²) in [5.41, 5.74) is 0.289. The average Bonchev–Trinajstić information content (AvgIpc) is 2.52. The van der Waals surface area contributed by atoms with Gasteiger partial charge in [0.15, 0.2) is 0 Å². The van der Waals surface area contributed by atoms with Crippen LogP contribution in [0.5, 0.6) is 0 Å². The highest BCUT2D eigenvalue weighted by atomic mass is 15.1. The van der Waals surface area contributed by atoms with Crippen LogP contribution in [0.4, 0.5) is 0 Å². The van der Waals surface area contributed by atoms with Crippen molar-refractivity contribution in [3.8, 4) is 6.07 Å². The summed E-state index contributed by atoms with van der Waals surface area (Å²) < 4.78 is 0. The molecule has 1 rings (SSSR count). The molecule has 0 radical (unpaired) electrons. The third kappa shape index (κ3) is 5.60. The van der Waals surface area contributed by atoms with Gasteiger partial charge in [-0.25, -0.2) is 0 Å². The third-order valence-electron chi connectivity index (χ3n) is 5.63. The summed E-state index contributed by atoms with van der Waals surface area (Å²) in [6, 6.07) is 2.42. The quantitative estimate of drug-likeness (QED) is 0.654. The summed E-state index contributed by atoms with van der Waals surface area (Å²) in [5, 5.41) is 12.6. The van der Waals surface area contributed by atoms with E-state index in [1.54, 1.807) is 0 Å². The van der Waals surface area contributed by atoms with Crippen molar-refractivity contribution < 1.29 is 0 Å². The number of rotatable bonds is 9. The van der Waals surface area contributed by atoms with E-state index < -0.39 is 0 Å². The van der Waals surface area contributed by atoms with E-state index in [-0.39, 0.29) is 5.54 Å². The molecule has 0 saturated carbocycles. The van der Waals surface area contributed by atoms with E-state index in [9.17, 15) is 5.26 Å². The molecule has 3 heteroatoms. The lowest BCUT2D eigenvalue weighted by Gasteiger charge is -2.41. The molecule has 1 N–H and O–H groups in total. The van der Waals surface area contributed by atoms with Gasteiger partial charge in [-0.1, -0.05) is 33.6 Å². The number of hydrogen-bond donors (Lipinski definition) is 1. The molecule has 0 aliphatic carbocycles. The van der Waals surface area contributed by atoms with E-state index >= 15 is 0 Å². The summed E-state index contributed by atoms with van der Waals surface area (Å²) in [6.07, 6.45) is 8.72. The van der Waals surface area contributed by atoms with Crippen molar-refractivity contribution >= 4 is 0 Å². The minimum Gasteiger partial charge on any atom is -0.303 e. The Balaban J connectivity index is 2.22. The fourth-order valence-corrected chi connectivity index (χ4v) is 3.60. The normalized spacial score (nSPS) is 21.7. The van der Waals surface area contributed by atoms with E-state index in [4.69, 9.17) is 0 Å². The van der Waals surface area contributed by atoms with E-state index in [2.05, 4.69) is 37.1 Å². The van der Waals surface area contributed by atoms with Gasteiger partial charge in [0.1, 0.15) is 5.54 Å².